The molecule has 0 spiro atoms. The van der Waals surface area contributed by atoms with E-state index in [0.717, 1.165) is 37.3 Å². The Balaban J connectivity index is 1.45. The Bertz CT molecular complexity index is 1130. The van der Waals surface area contributed by atoms with Crippen LogP contribution in [0.4, 0.5) is 17.2 Å². The molecule has 5 rings (SSSR count). The molecule has 3 aromatic rings. The zero-order chi connectivity index (χ0) is 20.7. The molecule has 2 saturated heterocycles. The Kier molecular flexibility index (Phi) is 4.40. The lowest BCUT2D eigenvalue weighted by molar-refractivity contribution is 0.477. The minimum absolute atomic E-state index is 0.175. The molecular weight excluding hydrogens is 376 g/mol. The molecule has 7 nitrogen and oxygen atoms in total. The van der Waals surface area contributed by atoms with Gasteiger partial charge in [-0.05, 0) is 43.2 Å². The van der Waals surface area contributed by atoms with Gasteiger partial charge in [0, 0.05) is 42.6 Å². The van der Waals surface area contributed by atoms with E-state index in [1.165, 1.54) is 0 Å². The van der Waals surface area contributed by atoms with Gasteiger partial charge in [-0.3, -0.25) is 0 Å². The number of aromatic hydroxyl groups is 1. The average Bonchev–Trinajstić information content (AvgIpc) is 3.04. The molecule has 2 atom stereocenters. The molecule has 0 saturated carbocycles. The van der Waals surface area contributed by atoms with Crippen molar-refractivity contribution in [2.24, 2.45) is 0 Å². The van der Waals surface area contributed by atoms with E-state index in [2.05, 4.69) is 30.9 Å². The van der Waals surface area contributed by atoms with E-state index in [4.69, 9.17) is 12.2 Å². The number of benzene rings is 1. The van der Waals surface area contributed by atoms with Gasteiger partial charge < -0.3 is 20.6 Å². The van der Waals surface area contributed by atoms with Crippen molar-refractivity contribution in [3.05, 3.63) is 54.4 Å². The van der Waals surface area contributed by atoms with Crippen molar-refractivity contribution in [3.63, 3.8) is 0 Å². The average molecular weight is 398 g/mol. The SMILES string of the molecule is C#Cc1cc(N2C3CCC2CN(c2cc(-c4ccccc4O)nnc2N)C3)ccn1. The summed E-state index contributed by atoms with van der Waals surface area (Å²) in [6.07, 6.45) is 9.54. The van der Waals surface area contributed by atoms with Crippen LogP contribution in [0.1, 0.15) is 18.5 Å². The highest BCUT2D eigenvalue weighted by Gasteiger charge is 2.40. The number of nitrogen functional groups attached to an aromatic ring is 1. The largest absolute Gasteiger partial charge is 0.507 e. The summed E-state index contributed by atoms with van der Waals surface area (Å²) >= 11 is 0. The monoisotopic (exact) mass is 398 g/mol. The molecule has 2 aromatic heterocycles. The maximum absolute atomic E-state index is 10.2. The van der Waals surface area contributed by atoms with Crippen LogP contribution >= 0.6 is 0 Å². The Morgan fingerprint density at radius 2 is 1.83 bits per heavy atom. The molecule has 2 fully saturated rings. The van der Waals surface area contributed by atoms with E-state index in [-0.39, 0.29) is 5.75 Å². The summed E-state index contributed by atoms with van der Waals surface area (Å²) in [5.74, 6) is 3.20. The van der Waals surface area contributed by atoms with E-state index >= 15 is 0 Å². The first kappa shape index (κ1) is 18.3. The van der Waals surface area contributed by atoms with Gasteiger partial charge in [-0.25, -0.2) is 4.98 Å². The predicted molar refractivity (Wildman–Crippen MR) is 117 cm³/mol. The fourth-order valence-corrected chi connectivity index (χ4v) is 4.65. The second-order valence-electron chi connectivity index (χ2n) is 7.76. The Morgan fingerprint density at radius 1 is 1.07 bits per heavy atom. The zero-order valence-electron chi connectivity index (χ0n) is 16.4. The van der Waals surface area contributed by atoms with Gasteiger partial charge in [0.05, 0.1) is 11.4 Å². The van der Waals surface area contributed by atoms with Crippen molar-refractivity contribution in [1.82, 2.24) is 15.2 Å². The molecule has 3 N–H and O–H groups in total. The van der Waals surface area contributed by atoms with Gasteiger partial charge in [-0.1, -0.05) is 18.1 Å². The smallest absolute Gasteiger partial charge is 0.169 e. The molecule has 2 bridgehead atoms. The number of nitrogens with zero attached hydrogens (tertiary/aromatic N) is 5. The molecule has 30 heavy (non-hydrogen) atoms. The first-order valence-electron chi connectivity index (χ1n) is 10.0. The molecule has 7 heteroatoms. The van der Waals surface area contributed by atoms with Crippen LogP contribution in [0.5, 0.6) is 5.75 Å². The molecule has 0 radical (unpaired) electrons. The number of piperazine rings is 1. The van der Waals surface area contributed by atoms with Crippen LogP contribution in [0.25, 0.3) is 11.3 Å². The number of aromatic nitrogens is 3. The van der Waals surface area contributed by atoms with Gasteiger partial charge >= 0.3 is 0 Å². The van der Waals surface area contributed by atoms with E-state index in [0.29, 0.717) is 34.9 Å². The lowest BCUT2D eigenvalue weighted by Gasteiger charge is -2.43. The molecule has 150 valence electrons. The number of fused-ring (bicyclic) bond motifs is 2. The van der Waals surface area contributed by atoms with Gasteiger partial charge in [-0.2, -0.15) is 0 Å². The maximum atomic E-state index is 10.2. The summed E-state index contributed by atoms with van der Waals surface area (Å²) in [6.45, 7) is 1.67. The highest BCUT2D eigenvalue weighted by Crippen LogP contribution is 2.38. The summed E-state index contributed by atoms with van der Waals surface area (Å²) in [4.78, 5) is 8.97. The second-order valence-corrected chi connectivity index (χ2v) is 7.76. The lowest BCUT2D eigenvalue weighted by atomic mass is 10.1. The standard InChI is InChI=1S/C23H22N6O/c1-2-15-11-16(9-10-25-15)29-17-7-8-18(29)14-28(13-17)21-12-20(26-27-23(21)24)19-5-3-4-6-22(19)30/h1,3-6,9-12,17-18,30H,7-8,13-14H2,(H2,24,27). The topological polar surface area (TPSA) is 91.4 Å². The summed E-state index contributed by atoms with van der Waals surface area (Å²) in [5, 5.41) is 18.6. The molecule has 2 aliphatic rings. The number of phenolic OH excluding ortho intramolecular Hbond substituents is 1. The molecule has 4 heterocycles. The predicted octanol–water partition coefficient (Wildman–Crippen LogP) is 2.67. The molecule has 0 aliphatic carbocycles. The minimum Gasteiger partial charge on any atom is -0.507 e. The Hall–Kier alpha value is -3.79. The van der Waals surface area contributed by atoms with Crippen LogP contribution in [0.3, 0.4) is 0 Å². The van der Waals surface area contributed by atoms with Gasteiger partial charge in [0.1, 0.15) is 11.4 Å². The molecular formula is C23H22N6O. The van der Waals surface area contributed by atoms with Crippen LogP contribution in [0.2, 0.25) is 0 Å². The third kappa shape index (κ3) is 3.07. The van der Waals surface area contributed by atoms with Crippen molar-refractivity contribution in [3.8, 4) is 29.4 Å². The normalized spacial score (nSPS) is 20.2. The van der Waals surface area contributed by atoms with Gasteiger partial charge in [-0.15, -0.1) is 16.6 Å². The van der Waals surface area contributed by atoms with E-state index < -0.39 is 0 Å². The number of hydrogen-bond donors (Lipinski definition) is 2. The van der Waals surface area contributed by atoms with Gasteiger partial charge in [0.15, 0.2) is 5.82 Å². The molecule has 0 amide bonds. The maximum Gasteiger partial charge on any atom is 0.169 e. The van der Waals surface area contributed by atoms with Crippen molar-refractivity contribution in [2.75, 3.05) is 28.6 Å². The first-order valence-corrected chi connectivity index (χ1v) is 10.0. The van der Waals surface area contributed by atoms with E-state index in [1.54, 1.807) is 18.3 Å². The van der Waals surface area contributed by atoms with Crippen LogP contribution in [0.15, 0.2) is 48.7 Å². The van der Waals surface area contributed by atoms with Crippen LogP contribution < -0.4 is 15.5 Å². The van der Waals surface area contributed by atoms with Gasteiger partial charge in [0.2, 0.25) is 0 Å². The minimum atomic E-state index is 0.175. The van der Waals surface area contributed by atoms with Crippen LogP contribution in [-0.4, -0.2) is 45.5 Å². The fourth-order valence-electron chi connectivity index (χ4n) is 4.65. The molecule has 2 unspecified atom stereocenters. The summed E-state index contributed by atoms with van der Waals surface area (Å²) in [6, 6.07) is 13.8. The molecule has 1 aromatic carbocycles. The Morgan fingerprint density at radius 3 is 2.57 bits per heavy atom. The van der Waals surface area contributed by atoms with Crippen molar-refractivity contribution in [1.29, 1.82) is 0 Å². The number of hydrogen-bond acceptors (Lipinski definition) is 7. The third-order valence-electron chi connectivity index (χ3n) is 5.99. The number of para-hydroxylation sites is 1. The van der Waals surface area contributed by atoms with E-state index in [9.17, 15) is 5.11 Å². The number of pyridine rings is 1. The van der Waals surface area contributed by atoms with Crippen molar-refractivity contribution in [2.45, 2.75) is 24.9 Å². The zero-order valence-corrected chi connectivity index (χ0v) is 16.4. The second kappa shape index (κ2) is 7.23. The first-order chi connectivity index (χ1) is 14.6. The number of terminal acetylenes is 1. The number of nitrogens with two attached hydrogens (primary N) is 1. The summed E-state index contributed by atoms with van der Waals surface area (Å²) in [5.41, 5.74) is 10.1. The van der Waals surface area contributed by atoms with Crippen LogP contribution in [0, 0.1) is 12.3 Å². The molecule has 2 aliphatic heterocycles. The third-order valence-corrected chi connectivity index (χ3v) is 5.99. The van der Waals surface area contributed by atoms with Gasteiger partial charge in [0.25, 0.3) is 0 Å². The summed E-state index contributed by atoms with van der Waals surface area (Å²) in [7, 11) is 0. The summed E-state index contributed by atoms with van der Waals surface area (Å²) < 4.78 is 0. The highest BCUT2D eigenvalue weighted by atomic mass is 16.3. The Labute approximate surface area is 175 Å². The van der Waals surface area contributed by atoms with Crippen molar-refractivity contribution >= 4 is 17.2 Å². The van der Waals surface area contributed by atoms with Crippen LogP contribution in [-0.2, 0) is 0 Å². The highest BCUT2D eigenvalue weighted by molar-refractivity contribution is 5.74. The number of anilines is 3. The number of phenols is 1. The van der Waals surface area contributed by atoms with E-state index in [1.807, 2.05) is 30.3 Å². The lowest BCUT2D eigenvalue weighted by Crippen LogP contribution is -2.54. The number of rotatable bonds is 3. The fraction of sp³-hybridized carbons (Fsp3) is 0.261. The quantitative estimate of drug-likeness (QED) is 0.656. The van der Waals surface area contributed by atoms with Crippen molar-refractivity contribution < 1.29 is 5.11 Å².